The second kappa shape index (κ2) is 9.39. The fourth-order valence-electron chi connectivity index (χ4n) is 2.68. The van der Waals surface area contributed by atoms with Crippen LogP contribution in [0.2, 0.25) is 5.02 Å². The topological polar surface area (TPSA) is 41.5 Å². The van der Waals surface area contributed by atoms with Crippen molar-refractivity contribution in [3.8, 4) is 5.75 Å². The minimum Gasteiger partial charge on any atom is -0.489 e. The zero-order valence-electron chi connectivity index (χ0n) is 14.4. The summed E-state index contributed by atoms with van der Waals surface area (Å²) in [5.74, 6) is 0.813. The summed E-state index contributed by atoms with van der Waals surface area (Å²) >= 11 is 5.99. The maximum Gasteiger partial charge on any atom is 0.120 e. The molecule has 0 aliphatic carbocycles. The Kier molecular flexibility index (Phi) is 6.67. The summed E-state index contributed by atoms with van der Waals surface area (Å²) in [5, 5.41) is 14.2. The van der Waals surface area contributed by atoms with Crippen LogP contribution in [0.1, 0.15) is 22.8 Å². The second-order valence-electron chi connectivity index (χ2n) is 6.12. The Hall–Kier alpha value is -2.33. The second-order valence-corrected chi connectivity index (χ2v) is 6.56. The molecule has 3 nitrogen and oxygen atoms in total. The van der Waals surface area contributed by atoms with Gasteiger partial charge in [-0.25, -0.2) is 0 Å². The molecule has 4 heteroatoms. The van der Waals surface area contributed by atoms with Gasteiger partial charge in [-0.05, 0) is 41.0 Å². The Bertz CT molecular complexity index is 823. The quantitative estimate of drug-likeness (QED) is 0.604. The Labute approximate surface area is 159 Å². The third-order valence-electron chi connectivity index (χ3n) is 4.04. The molecule has 0 aromatic heterocycles. The number of aliphatic hydroxyl groups excluding tert-OH is 1. The average molecular weight is 368 g/mol. The summed E-state index contributed by atoms with van der Waals surface area (Å²) in [4.78, 5) is 0. The first-order valence-corrected chi connectivity index (χ1v) is 8.98. The summed E-state index contributed by atoms with van der Waals surface area (Å²) in [6.45, 7) is 1.64. The van der Waals surface area contributed by atoms with Gasteiger partial charge < -0.3 is 15.2 Å². The molecule has 134 valence electrons. The molecule has 3 aromatic carbocycles. The van der Waals surface area contributed by atoms with Gasteiger partial charge in [0, 0.05) is 18.1 Å². The molecule has 0 saturated heterocycles. The lowest BCUT2D eigenvalue weighted by atomic mass is 10.1. The highest BCUT2D eigenvalue weighted by molar-refractivity contribution is 6.30. The highest BCUT2D eigenvalue weighted by Crippen LogP contribution is 2.17. The normalized spacial score (nSPS) is 11.9. The van der Waals surface area contributed by atoms with E-state index in [9.17, 15) is 5.11 Å². The lowest BCUT2D eigenvalue weighted by molar-refractivity contribution is 0.174. The number of nitrogens with one attached hydrogen (secondary N) is 1. The van der Waals surface area contributed by atoms with E-state index in [2.05, 4.69) is 5.32 Å². The smallest absolute Gasteiger partial charge is 0.120 e. The first-order valence-electron chi connectivity index (χ1n) is 8.60. The number of hydrogen-bond donors (Lipinski definition) is 2. The van der Waals surface area contributed by atoms with Gasteiger partial charge in [0.25, 0.3) is 0 Å². The van der Waals surface area contributed by atoms with Crippen molar-refractivity contribution >= 4 is 11.6 Å². The molecule has 0 aliphatic rings. The molecule has 0 spiro atoms. The highest BCUT2D eigenvalue weighted by Gasteiger charge is 2.06. The zero-order chi connectivity index (χ0) is 18.2. The summed E-state index contributed by atoms with van der Waals surface area (Å²) in [6, 6.07) is 25.3. The SMILES string of the molecule is O[C@@H](CNCc1cccc(OCc2cccc(Cl)c2)c1)c1ccccc1. The standard InChI is InChI=1S/C22H22ClNO2/c23-20-10-4-7-18(12-20)16-26-21-11-5-6-17(13-21)14-24-15-22(25)19-8-2-1-3-9-19/h1-13,22,24-25H,14-16H2/t22-/m0/s1. The summed E-state index contributed by atoms with van der Waals surface area (Å²) < 4.78 is 5.85. The van der Waals surface area contributed by atoms with Gasteiger partial charge in [-0.3, -0.25) is 0 Å². The van der Waals surface area contributed by atoms with Gasteiger partial charge in [-0.1, -0.05) is 66.2 Å². The predicted molar refractivity (Wildman–Crippen MR) is 105 cm³/mol. The molecule has 0 bridgehead atoms. The predicted octanol–water partition coefficient (Wildman–Crippen LogP) is 4.74. The first-order chi connectivity index (χ1) is 12.7. The van der Waals surface area contributed by atoms with Gasteiger partial charge >= 0.3 is 0 Å². The lowest BCUT2D eigenvalue weighted by Crippen LogP contribution is -2.21. The molecule has 3 rings (SSSR count). The van der Waals surface area contributed by atoms with Gasteiger partial charge in [0.2, 0.25) is 0 Å². The maximum absolute atomic E-state index is 10.2. The number of hydrogen-bond acceptors (Lipinski definition) is 3. The molecule has 0 amide bonds. The molecule has 0 fully saturated rings. The molecule has 0 heterocycles. The van der Waals surface area contributed by atoms with Crippen LogP contribution in [0.25, 0.3) is 0 Å². The van der Waals surface area contributed by atoms with E-state index >= 15 is 0 Å². The van der Waals surface area contributed by atoms with Crippen LogP contribution < -0.4 is 10.1 Å². The number of benzene rings is 3. The van der Waals surface area contributed by atoms with E-state index in [1.807, 2.05) is 78.9 Å². The Morgan fingerprint density at radius 1 is 0.885 bits per heavy atom. The maximum atomic E-state index is 10.2. The van der Waals surface area contributed by atoms with E-state index in [1.165, 1.54) is 0 Å². The fourth-order valence-corrected chi connectivity index (χ4v) is 2.90. The van der Waals surface area contributed by atoms with Gasteiger partial charge in [-0.2, -0.15) is 0 Å². The first kappa shape index (κ1) is 18.5. The van der Waals surface area contributed by atoms with E-state index in [0.29, 0.717) is 24.7 Å². The number of ether oxygens (including phenoxy) is 1. The molecule has 3 aromatic rings. The summed E-state index contributed by atoms with van der Waals surface area (Å²) in [6.07, 6.45) is -0.515. The lowest BCUT2D eigenvalue weighted by Gasteiger charge is -2.13. The third kappa shape index (κ3) is 5.60. The molecule has 26 heavy (non-hydrogen) atoms. The van der Waals surface area contributed by atoms with E-state index in [0.717, 1.165) is 22.4 Å². The Morgan fingerprint density at radius 3 is 2.46 bits per heavy atom. The van der Waals surface area contributed by atoms with Crippen molar-refractivity contribution in [1.82, 2.24) is 5.32 Å². The molecular weight excluding hydrogens is 346 g/mol. The molecule has 0 unspecified atom stereocenters. The number of halogens is 1. The zero-order valence-corrected chi connectivity index (χ0v) is 15.2. The fraction of sp³-hybridized carbons (Fsp3) is 0.182. The van der Waals surface area contributed by atoms with Crippen LogP contribution in [-0.4, -0.2) is 11.7 Å². The van der Waals surface area contributed by atoms with Crippen molar-refractivity contribution in [3.63, 3.8) is 0 Å². The van der Waals surface area contributed by atoms with E-state index < -0.39 is 6.10 Å². The van der Waals surface area contributed by atoms with Gasteiger partial charge in [0.15, 0.2) is 0 Å². The van der Waals surface area contributed by atoms with E-state index in [-0.39, 0.29) is 0 Å². The van der Waals surface area contributed by atoms with Crippen molar-refractivity contribution in [2.75, 3.05) is 6.54 Å². The van der Waals surface area contributed by atoms with Crippen molar-refractivity contribution in [3.05, 3.63) is 101 Å². The molecule has 2 N–H and O–H groups in total. The monoisotopic (exact) mass is 367 g/mol. The minimum absolute atomic E-state index is 0.476. The molecule has 1 atom stereocenters. The summed E-state index contributed by atoms with van der Waals surface area (Å²) in [5.41, 5.74) is 3.06. The van der Waals surface area contributed by atoms with Gasteiger partial charge in [-0.15, -0.1) is 0 Å². The van der Waals surface area contributed by atoms with Crippen LogP contribution in [0.5, 0.6) is 5.75 Å². The Morgan fingerprint density at radius 2 is 1.65 bits per heavy atom. The number of aliphatic hydroxyl groups is 1. The molecule has 0 saturated carbocycles. The van der Waals surface area contributed by atoms with Gasteiger partial charge in [0.05, 0.1) is 6.10 Å². The van der Waals surface area contributed by atoms with Gasteiger partial charge in [0.1, 0.15) is 12.4 Å². The largest absolute Gasteiger partial charge is 0.489 e. The van der Waals surface area contributed by atoms with Crippen LogP contribution in [0.3, 0.4) is 0 Å². The summed E-state index contributed by atoms with van der Waals surface area (Å²) in [7, 11) is 0. The molecule has 0 aliphatic heterocycles. The average Bonchev–Trinajstić information content (AvgIpc) is 2.67. The third-order valence-corrected chi connectivity index (χ3v) is 4.28. The van der Waals surface area contributed by atoms with Crippen LogP contribution in [-0.2, 0) is 13.2 Å². The van der Waals surface area contributed by atoms with Crippen LogP contribution >= 0.6 is 11.6 Å². The van der Waals surface area contributed by atoms with Crippen molar-refractivity contribution < 1.29 is 9.84 Å². The van der Waals surface area contributed by atoms with Crippen LogP contribution in [0.4, 0.5) is 0 Å². The van der Waals surface area contributed by atoms with Crippen molar-refractivity contribution in [2.45, 2.75) is 19.3 Å². The number of rotatable bonds is 8. The van der Waals surface area contributed by atoms with Crippen LogP contribution in [0, 0.1) is 0 Å². The van der Waals surface area contributed by atoms with Crippen molar-refractivity contribution in [1.29, 1.82) is 0 Å². The Balaban J connectivity index is 1.49. The van der Waals surface area contributed by atoms with E-state index in [4.69, 9.17) is 16.3 Å². The van der Waals surface area contributed by atoms with Crippen LogP contribution in [0.15, 0.2) is 78.9 Å². The molecular formula is C22H22ClNO2. The van der Waals surface area contributed by atoms with E-state index in [1.54, 1.807) is 0 Å². The molecule has 0 radical (unpaired) electrons. The van der Waals surface area contributed by atoms with Crippen molar-refractivity contribution in [2.24, 2.45) is 0 Å². The minimum atomic E-state index is -0.515. The highest BCUT2D eigenvalue weighted by atomic mass is 35.5.